The summed E-state index contributed by atoms with van der Waals surface area (Å²) in [7, 11) is 1.67. The van der Waals surface area contributed by atoms with Gasteiger partial charge in [0.1, 0.15) is 5.82 Å². The van der Waals surface area contributed by atoms with Crippen LogP contribution in [-0.4, -0.2) is 38.3 Å². The number of methoxy groups -OCH3 is 1. The lowest BCUT2D eigenvalue weighted by Crippen LogP contribution is -2.38. The zero-order valence-corrected chi connectivity index (χ0v) is 12.9. The van der Waals surface area contributed by atoms with E-state index in [1.807, 2.05) is 12.1 Å². The minimum Gasteiger partial charge on any atom is -0.481 e. The first-order chi connectivity index (χ1) is 9.69. The molecule has 0 aliphatic carbocycles. The Hall–Kier alpha value is -1.29. The van der Waals surface area contributed by atoms with Gasteiger partial charge in [0.2, 0.25) is 5.88 Å². The Morgan fingerprint density at radius 3 is 2.75 bits per heavy atom. The molecule has 1 N–H and O–H groups in total. The van der Waals surface area contributed by atoms with Crippen molar-refractivity contribution in [1.82, 2.24) is 10.3 Å². The van der Waals surface area contributed by atoms with Crippen molar-refractivity contribution >= 4 is 5.82 Å². The molecular formula is C16H27N3O. The molecule has 1 aromatic heterocycles. The van der Waals surface area contributed by atoms with E-state index in [1.165, 1.54) is 12.8 Å². The maximum Gasteiger partial charge on any atom is 0.214 e. The zero-order chi connectivity index (χ0) is 14.4. The van der Waals surface area contributed by atoms with Crippen LogP contribution in [0.3, 0.4) is 0 Å². The fraction of sp³-hybridized carbons (Fsp3) is 0.688. The van der Waals surface area contributed by atoms with Gasteiger partial charge in [0.25, 0.3) is 0 Å². The van der Waals surface area contributed by atoms with Gasteiger partial charge >= 0.3 is 0 Å². The summed E-state index contributed by atoms with van der Waals surface area (Å²) in [6, 6.07) is 5.98. The van der Waals surface area contributed by atoms with Crippen LogP contribution in [0.1, 0.15) is 26.7 Å². The van der Waals surface area contributed by atoms with E-state index >= 15 is 0 Å². The highest BCUT2D eigenvalue weighted by Crippen LogP contribution is 2.22. The van der Waals surface area contributed by atoms with E-state index in [0.29, 0.717) is 5.88 Å². The van der Waals surface area contributed by atoms with E-state index in [0.717, 1.165) is 43.8 Å². The van der Waals surface area contributed by atoms with Crippen LogP contribution in [-0.2, 0) is 0 Å². The first kappa shape index (κ1) is 15.1. The predicted molar refractivity (Wildman–Crippen MR) is 83.4 cm³/mol. The van der Waals surface area contributed by atoms with Crippen molar-refractivity contribution in [2.45, 2.75) is 26.7 Å². The topological polar surface area (TPSA) is 37.4 Å². The first-order valence-electron chi connectivity index (χ1n) is 7.65. The lowest BCUT2D eigenvalue weighted by Gasteiger charge is -2.33. The third kappa shape index (κ3) is 4.37. The third-order valence-corrected chi connectivity index (χ3v) is 3.84. The van der Waals surface area contributed by atoms with Crippen molar-refractivity contribution < 1.29 is 4.74 Å². The predicted octanol–water partition coefficient (Wildman–Crippen LogP) is 2.55. The summed E-state index contributed by atoms with van der Waals surface area (Å²) in [5, 5.41) is 3.57. The van der Waals surface area contributed by atoms with Gasteiger partial charge in [-0.05, 0) is 43.8 Å². The fourth-order valence-electron chi connectivity index (χ4n) is 2.64. The van der Waals surface area contributed by atoms with Gasteiger partial charge in [-0.15, -0.1) is 0 Å². The Morgan fingerprint density at radius 1 is 1.35 bits per heavy atom. The van der Waals surface area contributed by atoms with E-state index in [9.17, 15) is 0 Å². The molecule has 1 fully saturated rings. The third-order valence-electron chi connectivity index (χ3n) is 3.84. The van der Waals surface area contributed by atoms with Crippen LogP contribution in [0.4, 0.5) is 5.82 Å². The molecule has 0 aromatic carbocycles. The summed E-state index contributed by atoms with van der Waals surface area (Å²) < 4.78 is 5.19. The molecular weight excluding hydrogens is 250 g/mol. The molecule has 1 aromatic rings. The number of nitrogens with zero attached hydrogens (tertiary/aromatic N) is 2. The number of anilines is 1. The number of piperidine rings is 1. The second kappa shape index (κ2) is 7.48. The van der Waals surface area contributed by atoms with Crippen LogP contribution in [0.5, 0.6) is 5.88 Å². The standard InChI is InChI=1S/C16H27N3O/c1-13(2)11-17-12-14-7-9-19(10-8-14)15-5-4-6-16(18-15)20-3/h4-6,13-14,17H,7-12H2,1-3H3. The minimum atomic E-state index is 0.697. The van der Waals surface area contributed by atoms with Gasteiger partial charge in [-0.3, -0.25) is 0 Å². The Morgan fingerprint density at radius 2 is 2.10 bits per heavy atom. The van der Waals surface area contributed by atoms with Crippen molar-refractivity contribution in [3.8, 4) is 5.88 Å². The molecule has 0 amide bonds. The largest absolute Gasteiger partial charge is 0.481 e. The highest BCUT2D eigenvalue weighted by Gasteiger charge is 2.20. The molecule has 0 atom stereocenters. The lowest BCUT2D eigenvalue weighted by molar-refractivity contribution is 0.370. The van der Waals surface area contributed by atoms with Crippen molar-refractivity contribution in [1.29, 1.82) is 0 Å². The second-order valence-corrected chi connectivity index (χ2v) is 6.02. The normalized spacial score (nSPS) is 16.7. The summed E-state index contributed by atoms with van der Waals surface area (Å²) in [5.74, 6) is 3.27. The molecule has 1 aliphatic heterocycles. The number of ether oxygens (including phenoxy) is 1. The van der Waals surface area contributed by atoms with Crippen LogP contribution >= 0.6 is 0 Å². The number of rotatable bonds is 6. The average molecular weight is 277 g/mol. The molecule has 2 rings (SSSR count). The quantitative estimate of drug-likeness (QED) is 0.867. The van der Waals surface area contributed by atoms with Gasteiger partial charge in [0.15, 0.2) is 0 Å². The molecule has 0 bridgehead atoms. The monoisotopic (exact) mass is 277 g/mol. The highest BCUT2D eigenvalue weighted by molar-refractivity contribution is 5.41. The van der Waals surface area contributed by atoms with Gasteiger partial charge in [-0.1, -0.05) is 19.9 Å². The molecule has 0 saturated carbocycles. The Bertz CT molecular complexity index is 400. The highest BCUT2D eigenvalue weighted by atomic mass is 16.5. The van der Waals surface area contributed by atoms with Crippen LogP contribution < -0.4 is 15.0 Å². The van der Waals surface area contributed by atoms with E-state index in [1.54, 1.807) is 7.11 Å². The van der Waals surface area contributed by atoms with E-state index in [2.05, 4.69) is 35.1 Å². The number of nitrogens with one attached hydrogen (secondary N) is 1. The van der Waals surface area contributed by atoms with E-state index in [4.69, 9.17) is 4.74 Å². The van der Waals surface area contributed by atoms with Crippen LogP contribution in [0.15, 0.2) is 18.2 Å². The van der Waals surface area contributed by atoms with Crippen LogP contribution in [0.2, 0.25) is 0 Å². The summed E-state index contributed by atoms with van der Waals surface area (Å²) in [6.45, 7) is 8.96. The van der Waals surface area contributed by atoms with E-state index < -0.39 is 0 Å². The summed E-state index contributed by atoms with van der Waals surface area (Å²) in [6.07, 6.45) is 2.48. The lowest BCUT2D eigenvalue weighted by atomic mass is 9.96. The molecule has 20 heavy (non-hydrogen) atoms. The SMILES string of the molecule is COc1cccc(N2CCC(CNCC(C)C)CC2)n1. The van der Waals surface area contributed by atoms with Crippen LogP contribution in [0, 0.1) is 11.8 Å². The Balaban J connectivity index is 1.78. The molecule has 0 radical (unpaired) electrons. The molecule has 4 nitrogen and oxygen atoms in total. The fourth-order valence-corrected chi connectivity index (χ4v) is 2.64. The van der Waals surface area contributed by atoms with Gasteiger partial charge < -0.3 is 15.0 Å². The molecule has 2 heterocycles. The summed E-state index contributed by atoms with van der Waals surface area (Å²) >= 11 is 0. The summed E-state index contributed by atoms with van der Waals surface area (Å²) in [4.78, 5) is 6.88. The first-order valence-corrected chi connectivity index (χ1v) is 7.65. The summed E-state index contributed by atoms with van der Waals surface area (Å²) in [5.41, 5.74) is 0. The van der Waals surface area contributed by atoms with Crippen molar-refractivity contribution in [3.63, 3.8) is 0 Å². The maximum absolute atomic E-state index is 5.19. The molecule has 4 heteroatoms. The molecule has 0 spiro atoms. The van der Waals surface area contributed by atoms with Gasteiger partial charge in [-0.25, -0.2) is 0 Å². The maximum atomic E-state index is 5.19. The molecule has 1 aliphatic rings. The number of hydrogen-bond donors (Lipinski definition) is 1. The van der Waals surface area contributed by atoms with Crippen molar-refractivity contribution in [3.05, 3.63) is 18.2 Å². The number of aromatic nitrogens is 1. The molecule has 0 unspecified atom stereocenters. The second-order valence-electron chi connectivity index (χ2n) is 6.02. The van der Waals surface area contributed by atoms with E-state index in [-0.39, 0.29) is 0 Å². The van der Waals surface area contributed by atoms with Crippen molar-refractivity contribution in [2.75, 3.05) is 38.2 Å². The molecule has 112 valence electrons. The average Bonchev–Trinajstić information content (AvgIpc) is 2.48. The van der Waals surface area contributed by atoms with Gasteiger partial charge in [0.05, 0.1) is 7.11 Å². The van der Waals surface area contributed by atoms with Gasteiger partial charge in [0, 0.05) is 19.2 Å². The molecule has 1 saturated heterocycles. The minimum absolute atomic E-state index is 0.697. The van der Waals surface area contributed by atoms with Crippen LogP contribution in [0.25, 0.3) is 0 Å². The number of pyridine rings is 1. The Kier molecular flexibility index (Phi) is 5.65. The Labute approximate surface area is 122 Å². The number of hydrogen-bond acceptors (Lipinski definition) is 4. The smallest absolute Gasteiger partial charge is 0.214 e. The van der Waals surface area contributed by atoms with Crippen molar-refractivity contribution in [2.24, 2.45) is 11.8 Å². The zero-order valence-electron chi connectivity index (χ0n) is 12.9. The van der Waals surface area contributed by atoms with Gasteiger partial charge in [-0.2, -0.15) is 4.98 Å².